The van der Waals surface area contributed by atoms with Crippen LogP contribution in [-0.4, -0.2) is 73.2 Å². The first-order chi connectivity index (χ1) is 17.5. The summed E-state index contributed by atoms with van der Waals surface area (Å²) in [6.45, 7) is 8.26. The maximum atomic E-state index is 12.9. The van der Waals surface area contributed by atoms with Crippen molar-refractivity contribution in [1.82, 2.24) is 14.2 Å². The fourth-order valence-electron chi connectivity index (χ4n) is 4.10. The van der Waals surface area contributed by atoms with Gasteiger partial charge in [-0.1, -0.05) is 38.7 Å². The zero-order chi connectivity index (χ0) is 27.2. The highest BCUT2D eigenvalue weighted by molar-refractivity contribution is 8.22. The average Bonchev–Trinajstić information content (AvgIpc) is 2.86. The predicted octanol–water partition coefficient (Wildman–Crippen LogP) is 4.28. The number of aromatic nitrogens is 1. The Bertz CT molecular complexity index is 1120. The fourth-order valence-corrected chi connectivity index (χ4v) is 5.99. The van der Waals surface area contributed by atoms with Gasteiger partial charge < -0.3 is 14.7 Å². The van der Waals surface area contributed by atoms with Gasteiger partial charge in [0.2, 0.25) is 5.91 Å². The standard InChI is InChI=1S/C28H39N3O5S/c1-20(2)8-6-9-23-11-12-27-25(14-23)36-26(21(3)17-31(22(4)19-32)37(27,34)35)18-30(5)28(33)15-24-10-7-13-29-16-24/h7,10-14,16,20-22,26,32,34-35H,8,15,17-19H2,1-5H3/t21-,22?,26-/m1/s1. The van der Waals surface area contributed by atoms with Crippen molar-refractivity contribution in [2.45, 2.75) is 57.6 Å². The molecule has 1 amide bonds. The number of nitrogens with zero attached hydrogens (tertiary/aromatic N) is 3. The minimum absolute atomic E-state index is 0.0655. The Labute approximate surface area is 222 Å². The highest BCUT2D eigenvalue weighted by Gasteiger charge is 2.38. The normalized spacial score (nSPS) is 20.9. The smallest absolute Gasteiger partial charge is 0.226 e. The van der Waals surface area contributed by atoms with Gasteiger partial charge in [0.15, 0.2) is 0 Å². The quantitative estimate of drug-likeness (QED) is 0.460. The lowest BCUT2D eigenvalue weighted by atomic mass is 10.0. The van der Waals surface area contributed by atoms with Crippen LogP contribution in [0, 0.1) is 23.7 Å². The molecule has 9 heteroatoms. The summed E-state index contributed by atoms with van der Waals surface area (Å²) in [6.07, 6.45) is 3.90. The summed E-state index contributed by atoms with van der Waals surface area (Å²) in [6, 6.07) is 8.32. The van der Waals surface area contributed by atoms with Crippen LogP contribution in [0.15, 0.2) is 47.6 Å². The van der Waals surface area contributed by atoms with Gasteiger partial charge in [-0.05, 0) is 42.7 Å². The first kappa shape index (κ1) is 29.0. The number of rotatable bonds is 7. The van der Waals surface area contributed by atoms with Gasteiger partial charge in [0.05, 0.1) is 19.6 Å². The van der Waals surface area contributed by atoms with Crippen molar-refractivity contribution in [3.63, 3.8) is 0 Å². The molecular formula is C28H39N3O5S. The second-order valence-electron chi connectivity index (χ2n) is 10.2. The highest BCUT2D eigenvalue weighted by atomic mass is 32.3. The Balaban J connectivity index is 1.93. The van der Waals surface area contributed by atoms with Crippen LogP contribution < -0.4 is 4.74 Å². The van der Waals surface area contributed by atoms with Crippen LogP contribution in [0.1, 0.15) is 45.2 Å². The van der Waals surface area contributed by atoms with E-state index >= 15 is 0 Å². The summed E-state index contributed by atoms with van der Waals surface area (Å²) in [5.41, 5.74) is 1.54. The first-order valence-electron chi connectivity index (χ1n) is 12.6. The molecule has 0 saturated heterocycles. The van der Waals surface area contributed by atoms with Crippen molar-refractivity contribution in [2.75, 3.05) is 26.7 Å². The van der Waals surface area contributed by atoms with Crippen LogP contribution in [-0.2, 0) is 11.2 Å². The molecule has 0 bridgehead atoms. The fraction of sp³-hybridized carbons (Fsp3) is 0.500. The SMILES string of the molecule is CC(C)CC#Cc1ccc2c(c1)O[C@H](CN(C)C(=O)Cc1cccnc1)[C@H](C)CN(C(C)CO)S2(O)O. The monoisotopic (exact) mass is 529 g/mol. The molecular weight excluding hydrogens is 490 g/mol. The molecule has 202 valence electrons. The van der Waals surface area contributed by atoms with Crippen molar-refractivity contribution in [1.29, 1.82) is 0 Å². The molecule has 1 unspecified atom stereocenters. The summed E-state index contributed by atoms with van der Waals surface area (Å²) in [4.78, 5) is 18.9. The van der Waals surface area contributed by atoms with Gasteiger partial charge in [0.1, 0.15) is 16.7 Å². The number of likely N-dealkylation sites (N-methyl/N-ethyl adjacent to an activating group) is 1. The van der Waals surface area contributed by atoms with Crippen molar-refractivity contribution >= 4 is 16.7 Å². The third kappa shape index (κ3) is 7.46. The van der Waals surface area contributed by atoms with Gasteiger partial charge in [0, 0.05) is 49.9 Å². The Morgan fingerprint density at radius 3 is 2.70 bits per heavy atom. The lowest BCUT2D eigenvalue weighted by molar-refractivity contribution is -0.130. The van der Waals surface area contributed by atoms with Crippen molar-refractivity contribution in [3.05, 3.63) is 53.9 Å². The molecule has 37 heavy (non-hydrogen) atoms. The molecule has 0 fully saturated rings. The van der Waals surface area contributed by atoms with Crippen LogP contribution in [0.25, 0.3) is 0 Å². The van der Waals surface area contributed by atoms with Gasteiger partial charge in [-0.15, -0.1) is 10.8 Å². The van der Waals surface area contributed by atoms with E-state index in [9.17, 15) is 19.0 Å². The zero-order valence-corrected chi connectivity index (χ0v) is 23.1. The Morgan fingerprint density at radius 2 is 2.05 bits per heavy atom. The minimum atomic E-state index is -3.43. The lowest BCUT2D eigenvalue weighted by Gasteiger charge is -2.49. The van der Waals surface area contributed by atoms with E-state index in [0.29, 0.717) is 23.8 Å². The number of carbonyl (C=O) groups excluding carboxylic acids is 1. The van der Waals surface area contributed by atoms with Gasteiger partial charge in [-0.3, -0.25) is 18.9 Å². The van der Waals surface area contributed by atoms with Crippen LogP contribution in [0.4, 0.5) is 0 Å². The van der Waals surface area contributed by atoms with Crippen LogP contribution in [0.3, 0.4) is 0 Å². The number of amides is 1. The minimum Gasteiger partial charge on any atom is -0.486 e. The number of ether oxygens (including phenoxy) is 1. The van der Waals surface area contributed by atoms with E-state index in [4.69, 9.17) is 4.74 Å². The van der Waals surface area contributed by atoms with E-state index in [1.165, 1.54) is 0 Å². The molecule has 1 aromatic carbocycles. The topological polar surface area (TPSA) is 106 Å². The van der Waals surface area contributed by atoms with Gasteiger partial charge >= 0.3 is 0 Å². The molecule has 0 saturated carbocycles. The van der Waals surface area contributed by atoms with Crippen LogP contribution in [0.5, 0.6) is 5.75 Å². The molecule has 8 nitrogen and oxygen atoms in total. The van der Waals surface area contributed by atoms with Crippen LogP contribution in [0.2, 0.25) is 0 Å². The van der Waals surface area contributed by atoms with Crippen molar-refractivity contribution in [2.24, 2.45) is 11.8 Å². The van der Waals surface area contributed by atoms with E-state index in [0.717, 1.165) is 12.0 Å². The number of hydrogen-bond donors (Lipinski definition) is 3. The van der Waals surface area contributed by atoms with Crippen molar-refractivity contribution < 1.29 is 23.7 Å². The summed E-state index contributed by atoms with van der Waals surface area (Å²) < 4.78 is 30.6. The zero-order valence-electron chi connectivity index (χ0n) is 22.3. The van der Waals surface area contributed by atoms with E-state index in [1.807, 2.05) is 13.0 Å². The Morgan fingerprint density at radius 1 is 1.30 bits per heavy atom. The maximum Gasteiger partial charge on any atom is 0.226 e. The average molecular weight is 530 g/mol. The Kier molecular flexibility index (Phi) is 9.99. The van der Waals surface area contributed by atoms with Gasteiger partial charge in [0.25, 0.3) is 0 Å². The molecule has 0 aliphatic carbocycles. The third-order valence-corrected chi connectivity index (χ3v) is 8.49. The van der Waals surface area contributed by atoms with E-state index in [-0.39, 0.29) is 36.3 Å². The number of fused-ring (bicyclic) bond motifs is 1. The molecule has 3 rings (SSSR count). The second kappa shape index (κ2) is 12.8. The van der Waals surface area contributed by atoms with Crippen LogP contribution >= 0.6 is 10.8 Å². The molecule has 2 aromatic rings. The number of pyridine rings is 1. The summed E-state index contributed by atoms with van der Waals surface area (Å²) in [5.74, 6) is 6.82. The summed E-state index contributed by atoms with van der Waals surface area (Å²) in [7, 11) is -1.69. The summed E-state index contributed by atoms with van der Waals surface area (Å²) in [5, 5.41) is 9.87. The highest BCUT2D eigenvalue weighted by Crippen LogP contribution is 2.57. The number of carbonyl (C=O) groups is 1. The first-order valence-corrected chi connectivity index (χ1v) is 14.1. The predicted molar refractivity (Wildman–Crippen MR) is 146 cm³/mol. The molecule has 3 atom stereocenters. The van der Waals surface area contributed by atoms with E-state index < -0.39 is 22.9 Å². The number of aliphatic hydroxyl groups excluding tert-OH is 1. The largest absolute Gasteiger partial charge is 0.486 e. The number of aliphatic hydroxyl groups is 1. The lowest BCUT2D eigenvalue weighted by Crippen LogP contribution is -2.48. The number of hydrogen-bond acceptors (Lipinski definition) is 7. The molecule has 0 spiro atoms. The molecule has 2 heterocycles. The van der Waals surface area contributed by atoms with Gasteiger partial charge in [-0.2, -0.15) is 4.31 Å². The number of benzene rings is 1. The molecule has 1 aromatic heterocycles. The molecule has 0 radical (unpaired) electrons. The summed E-state index contributed by atoms with van der Waals surface area (Å²) >= 11 is 0. The second-order valence-corrected chi connectivity index (χ2v) is 12.1. The Hall–Kier alpha value is -2.61. The van der Waals surface area contributed by atoms with Crippen molar-refractivity contribution in [3.8, 4) is 17.6 Å². The van der Waals surface area contributed by atoms with Gasteiger partial charge in [-0.25, -0.2) is 0 Å². The van der Waals surface area contributed by atoms with E-state index in [2.05, 4.69) is 30.7 Å². The molecule has 3 N–H and O–H groups in total. The molecule has 1 aliphatic heterocycles. The van der Waals surface area contributed by atoms with E-state index in [1.54, 1.807) is 59.8 Å². The molecule has 1 aliphatic rings. The maximum absolute atomic E-state index is 12.9. The third-order valence-electron chi connectivity index (χ3n) is 6.40.